The molecule has 0 saturated carbocycles. The van der Waals surface area contributed by atoms with Gasteiger partial charge in [0.2, 0.25) is 0 Å². The summed E-state index contributed by atoms with van der Waals surface area (Å²) in [4.78, 5) is 16.2. The molecule has 1 aromatic heterocycles. The lowest BCUT2D eigenvalue weighted by molar-refractivity contribution is 0.558. The van der Waals surface area contributed by atoms with Crippen molar-refractivity contribution in [2.75, 3.05) is 0 Å². The van der Waals surface area contributed by atoms with Crippen LogP contribution in [0, 0.1) is 6.92 Å². The highest BCUT2D eigenvalue weighted by Crippen LogP contribution is 2.18. The van der Waals surface area contributed by atoms with Crippen LogP contribution in [0.5, 0.6) is 0 Å². The molecular weight excluding hydrogens is 248 g/mol. The van der Waals surface area contributed by atoms with Gasteiger partial charge in [-0.1, -0.05) is 36.9 Å². The molecule has 0 saturated heterocycles. The molecular formula is C17H20N2O. The molecule has 1 heterocycles. The number of aryl methyl sites for hydroxylation is 1. The Labute approximate surface area is 119 Å². The average molecular weight is 268 g/mol. The summed E-state index contributed by atoms with van der Waals surface area (Å²) in [6.07, 6.45) is 2.48. The van der Waals surface area contributed by atoms with Crippen molar-refractivity contribution in [3.63, 3.8) is 0 Å². The van der Waals surface area contributed by atoms with E-state index in [1.165, 1.54) is 0 Å². The molecule has 0 amide bonds. The van der Waals surface area contributed by atoms with E-state index < -0.39 is 0 Å². The highest BCUT2D eigenvalue weighted by atomic mass is 16.1. The Kier molecular flexibility index (Phi) is 4.18. The smallest absolute Gasteiger partial charge is 0.296 e. The van der Waals surface area contributed by atoms with E-state index in [4.69, 9.17) is 0 Å². The molecule has 0 unspecified atom stereocenters. The van der Waals surface area contributed by atoms with Crippen molar-refractivity contribution < 1.29 is 0 Å². The summed E-state index contributed by atoms with van der Waals surface area (Å²) in [7, 11) is 0. The minimum absolute atomic E-state index is 0.125. The maximum Gasteiger partial charge on any atom is 0.348 e. The second-order valence-electron chi connectivity index (χ2n) is 5.30. The average Bonchev–Trinajstić information content (AvgIpc) is 2.43. The summed E-state index contributed by atoms with van der Waals surface area (Å²) in [6, 6.07) is 10.1. The molecule has 2 rings (SSSR count). The molecule has 0 radical (unpaired) electrons. The highest BCUT2D eigenvalue weighted by Gasteiger charge is 2.09. The second kappa shape index (κ2) is 5.87. The first-order valence-corrected chi connectivity index (χ1v) is 6.81. The molecule has 104 valence electrons. The van der Waals surface area contributed by atoms with Gasteiger partial charge in [0.05, 0.1) is 5.69 Å². The van der Waals surface area contributed by atoms with E-state index in [2.05, 4.69) is 11.6 Å². The molecule has 0 N–H and O–H groups in total. The zero-order valence-electron chi connectivity index (χ0n) is 12.3. The fourth-order valence-corrected chi connectivity index (χ4v) is 2.13. The lowest BCUT2D eigenvalue weighted by Crippen LogP contribution is -2.26. The summed E-state index contributed by atoms with van der Waals surface area (Å²) in [5, 5.41) is 0. The van der Waals surface area contributed by atoms with E-state index in [0.29, 0.717) is 6.42 Å². The number of nitrogens with zero attached hydrogens (tertiary/aromatic N) is 2. The van der Waals surface area contributed by atoms with Crippen molar-refractivity contribution >= 4 is 5.57 Å². The zero-order valence-corrected chi connectivity index (χ0v) is 12.3. The van der Waals surface area contributed by atoms with Gasteiger partial charge in [-0.25, -0.2) is 4.79 Å². The largest absolute Gasteiger partial charge is 0.348 e. The van der Waals surface area contributed by atoms with Gasteiger partial charge in [0, 0.05) is 18.7 Å². The Bertz CT molecular complexity index is 669. The number of allylic oxidation sites excluding steroid dienone is 1. The second-order valence-corrected chi connectivity index (χ2v) is 5.30. The number of hydrogen-bond acceptors (Lipinski definition) is 2. The van der Waals surface area contributed by atoms with Crippen LogP contribution in [0.3, 0.4) is 0 Å². The van der Waals surface area contributed by atoms with Gasteiger partial charge in [-0.3, -0.25) is 4.57 Å². The van der Waals surface area contributed by atoms with Crippen molar-refractivity contribution in [2.45, 2.75) is 33.2 Å². The van der Waals surface area contributed by atoms with Crippen LogP contribution in [-0.2, 0) is 6.42 Å². The molecule has 3 heteroatoms. The SMILES string of the molecule is C=C(Cc1nc(=O)n(C(C)C)cc1C)c1ccccc1. The number of benzene rings is 1. The number of rotatable bonds is 4. The minimum Gasteiger partial charge on any atom is -0.296 e. The predicted molar refractivity (Wildman–Crippen MR) is 82.8 cm³/mol. The first-order chi connectivity index (χ1) is 9.49. The zero-order chi connectivity index (χ0) is 14.7. The molecule has 0 aliphatic heterocycles. The van der Waals surface area contributed by atoms with Gasteiger partial charge in [-0.05, 0) is 37.5 Å². The van der Waals surface area contributed by atoms with Gasteiger partial charge in [-0.2, -0.15) is 4.98 Å². The molecule has 0 spiro atoms. The fraction of sp³-hybridized carbons (Fsp3) is 0.294. The van der Waals surface area contributed by atoms with Crippen LogP contribution in [-0.4, -0.2) is 9.55 Å². The van der Waals surface area contributed by atoms with E-state index in [-0.39, 0.29) is 11.7 Å². The molecule has 3 nitrogen and oxygen atoms in total. The fourth-order valence-electron chi connectivity index (χ4n) is 2.13. The molecule has 2 aromatic rings. The Morgan fingerprint density at radius 3 is 2.55 bits per heavy atom. The van der Waals surface area contributed by atoms with E-state index in [0.717, 1.165) is 22.4 Å². The molecule has 0 atom stereocenters. The summed E-state index contributed by atoms with van der Waals surface area (Å²) in [6.45, 7) is 10.0. The van der Waals surface area contributed by atoms with Crippen molar-refractivity contribution in [3.05, 3.63) is 70.4 Å². The maximum absolute atomic E-state index is 12.0. The van der Waals surface area contributed by atoms with Gasteiger partial charge in [0.15, 0.2) is 0 Å². The lowest BCUT2D eigenvalue weighted by atomic mass is 10.0. The molecule has 0 fully saturated rings. The standard InChI is InChI=1S/C17H20N2O/c1-12(2)19-11-14(4)16(18-17(19)20)10-13(3)15-8-6-5-7-9-15/h5-9,11-12H,3,10H2,1-2,4H3. The van der Waals surface area contributed by atoms with Gasteiger partial charge in [0.25, 0.3) is 0 Å². The van der Waals surface area contributed by atoms with Crippen LogP contribution in [0.15, 0.2) is 47.9 Å². The number of hydrogen-bond donors (Lipinski definition) is 0. The van der Waals surface area contributed by atoms with Gasteiger partial charge in [0.1, 0.15) is 0 Å². The first-order valence-electron chi connectivity index (χ1n) is 6.81. The van der Waals surface area contributed by atoms with Crippen molar-refractivity contribution in [2.24, 2.45) is 0 Å². The molecule has 20 heavy (non-hydrogen) atoms. The summed E-state index contributed by atoms with van der Waals surface area (Å²) in [5.74, 6) is 0. The third-order valence-electron chi connectivity index (χ3n) is 3.36. The topological polar surface area (TPSA) is 34.9 Å². The monoisotopic (exact) mass is 268 g/mol. The molecule has 1 aromatic carbocycles. The predicted octanol–water partition coefficient (Wildman–Crippen LogP) is 3.39. The molecule has 0 aliphatic carbocycles. The van der Waals surface area contributed by atoms with E-state index >= 15 is 0 Å². The van der Waals surface area contributed by atoms with Crippen LogP contribution in [0.25, 0.3) is 5.57 Å². The maximum atomic E-state index is 12.0. The first kappa shape index (κ1) is 14.3. The highest BCUT2D eigenvalue weighted by molar-refractivity contribution is 5.65. The van der Waals surface area contributed by atoms with Crippen LogP contribution < -0.4 is 5.69 Å². The van der Waals surface area contributed by atoms with Gasteiger partial charge >= 0.3 is 5.69 Å². The van der Waals surface area contributed by atoms with E-state index in [1.807, 2.05) is 57.3 Å². The van der Waals surface area contributed by atoms with Crippen LogP contribution >= 0.6 is 0 Å². The van der Waals surface area contributed by atoms with E-state index in [1.54, 1.807) is 4.57 Å². The van der Waals surface area contributed by atoms with Crippen LogP contribution in [0.2, 0.25) is 0 Å². The van der Waals surface area contributed by atoms with Crippen LogP contribution in [0.4, 0.5) is 0 Å². The van der Waals surface area contributed by atoms with Crippen molar-refractivity contribution in [1.29, 1.82) is 0 Å². The normalized spacial score (nSPS) is 10.8. The quantitative estimate of drug-likeness (QED) is 0.852. The Morgan fingerprint density at radius 1 is 1.30 bits per heavy atom. The molecule has 0 aliphatic rings. The molecule has 0 bridgehead atoms. The number of aromatic nitrogens is 2. The van der Waals surface area contributed by atoms with Crippen molar-refractivity contribution in [3.8, 4) is 0 Å². The minimum atomic E-state index is -0.193. The van der Waals surface area contributed by atoms with Crippen LogP contribution in [0.1, 0.15) is 36.7 Å². The Hall–Kier alpha value is -2.16. The van der Waals surface area contributed by atoms with Gasteiger partial charge < -0.3 is 0 Å². The third kappa shape index (κ3) is 3.05. The third-order valence-corrected chi connectivity index (χ3v) is 3.36. The Morgan fingerprint density at radius 2 is 1.95 bits per heavy atom. The van der Waals surface area contributed by atoms with E-state index in [9.17, 15) is 4.79 Å². The summed E-state index contributed by atoms with van der Waals surface area (Å²) >= 11 is 0. The van der Waals surface area contributed by atoms with Gasteiger partial charge in [-0.15, -0.1) is 0 Å². The summed E-state index contributed by atoms with van der Waals surface area (Å²) < 4.78 is 1.66. The summed E-state index contributed by atoms with van der Waals surface area (Å²) in [5.41, 5.74) is 3.70. The lowest BCUT2D eigenvalue weighted by Gasteiger charge is -2.13. The Balaban J connectivity index is 2.29. The van der Waals surface area contributed by atoms with Crippen molar-refractivity contribution in [1.82, 2.24) is 9.55 Å².